The minimum absolute atomic E-state index is 0.159. The first-order valence-corrected chi connectivity index (χ1v) is 11.4. The maximum Gasteiger partial charge on any atom is 0.349 e. The number of benzene rings is 1. The van der Waals surface area contributed by atoms with Crippen molar-refractivity contribution >= 4 is 40.2 Å². The van der Waals surface area contributed by atoms with E-state index in [1.54, 1.807) is 12.5 Å². The van der Waals surface area contributed by atoms with Crippen LogP contribution in [0.2, 0.25) is 0 Å². The van der Waals surface area contributed by atoms with Gasteiger partial charge in [-0.05, 0) is 74.2 Å². The summed E-state index contributed by atoms with van der Waals surface area (Å²) in [5, 5.41) is 13.9. The second-order valence-electron chi connectivity index (χ2n) is 7.59. The maximum atomic E-state index is 12.6. The van der Waals surface area contributed by atoms with Crippen LogP contribution in [-0.4, -0.2) is 35.6 Å². The van der Waals surface area contributed by atoms with Crippen LogP contribution in [0.1, 0.15) is 34.2 Å². The smallest absolute Gasteiger partial charge is 0.349 e. The number of anilines is 1. The summed E-state index contributed by atoms with van der Waals surface area (Å²) in [6.07, 6.45) is 0.216. The molecule has 3 rings (SSSR count). The number of nitrogens with zero attached hydrogens (tertiary/aromatic N) is 2. The number of carbonyl (C=O) groups is 3. The van der Waals surface area contributed by atoms with Crippen LogP contribution in [0, 0.1) is 25.2 Å². The van der Waals surface area contributed by atoms with Gasteiger partial charge in [-0.25, -0.2) is 4.79 Å². The summed E-state index contributed by atoms with van der Waals surface area (Å²) in [4.78, 5) is 36.5. The molecule has 2 heterocycles. The SMILES string of the molecule is COc1ccc(-n2c(C)cc(/C=C(\C#N)C(=O)OC(C)C(=O)Nc3sccc3C(N)=O)c2C)cc1. The molecule has 0 radical (unpaired) electrons. The summed E-state index contributed by atoms with van der Waals surface area (Å²) in [6, 6.07) is 12.7. The monoisotopic (exact) mass is 492 g/mol. The molecule has 0 aliphatic carbocycles. The number of nitriles is 1. The lowest BCUT2D eigenvalue weighted by atomic mass is 10.1. The first kappa shape index (κ1) is 25.3. The third kappa shape index (κ3) is 5.59. The van der Waals surface area contributed by atoms with Crippen LogP contribution in [0.3, 0.4) is 0 Å². The molecule has 1 atom stereocenters. The molecule has 0 fully saturated rings. The van der Waals surface area contributed by atoms with Crippen LogP contribution >= 0.6 is 11.3 Å². The summed E-state index contributed by atoms with van der Waals surface area (Å²) in [6.45, 7) is 5.16. The number of carbonyl (C=O) groups excluding carboxylic acids is 3. The zero-order valence-corrected chi connectivity index (χ0v) is 20.4. The van der Waals surface area contributed by atoms with Crippen molar-refractivity contribution in [1.82, 2.24) is 4.57 Å². The van der Waals surface area contributed by atoms with Crippen molar-refractivity contribution in [3.8, 4) is 17.5 Å². The number of ether oxygens (including phenoxy) is 2. The number of amides is 2. The fourth-order valence-corrected chi connectivity index (χ4v) is 4.24. The zero-order valence-electron chi connectivity index (χ0n) is 19.6. The van der Waals surface area contributed by atoms with Crippen molar-refractivity contribution in [2.75, 3.05) is 12.4 Å². The molecule has 1 aromatic carbocycles. The van der Waals surface area contributed by atoms with Gasteiger partial charge in [0.05, 0.1) is 12.7 Å². The van der Waals surface area contributed by atoms with Crippen LogP contribution in [0.5, 0.6) is 5.75 Å². The Hall–Kier alpha value is -4.36. The van der Waals surface area contributed by atoms with Crippen LogP contribution in [0.25, 0.3) is 11.8 Å². The predicted octanol–water partition coefficient (Wildman–Crippen LogP) is 3.74. The second kappa shape index (κ2) is 10.7. The van der Waals surface area contributed by atoms with E-state index < -0.39 is 23.9 Å². The van der Waals surface area contributed by atoms with Gasteiger partial charge in [-0.15, -0.1) is 11.3 Å². The first-order chi connectivity index (χ1) is 16.7. The van der Waals surface area contributed by atoms with Gasteiger partial charge in [0.25, 0.3) is 11.8 Å². The molecular formula is C25H24N4O5S. The van der Waals surface area contributed by atoms with Gasteiger partial charge in [0.15, 0.2) is 6.10 Å². The summed E-state index contributed by atoms with van der Waals surface area (Å²) < 4.78 is 12.4. The van der Waals surface area contributed by atoms with Gasteiger partial charge in [0.1, 0.15) is 22.4 Å². The number of nitrogens with one attached hydrogen (secondary N) is 1. The molecule has 0 aliphatic rings. The number of nitrogens with two attached hydrogens (primary N) is 1. The van der Waals surface area contributed by atoms with Gasteiger partial charge in [-0.3, -0.25) is 9.59 Å². The van der Waals surface area contributed by atoms with Crippen LogP contribution in [0.4, 0.5) is 5.00 Å². The maximum absolute atomic E-state index is 12.6. The number of rotatable bonds is 8. The molecule has 35 heavy (non-hydrogen) atoms. The van der Waals surface area contributed by atoms with Crippen molar-refractivity contribution in [3.05, 3.63) is 69.9 Å². The number of primary amides is 1. The Labute approximate surface area is 206 Å². The van der Waals surface area contributed by atoms with Crippen molar-refractivity contribution < 1.29 is 23.9 Å². The summed E-state index contributed by atoms with van der Waals surface area (Å²) in [5.41, 5.74) is 8.46. The van der Waals surface area contributed by atoms with Gasteiger partial charge in [0, 0.05) is 17.1 Å². The number of hydrogen-bond donors (Lipinski definition) is 2. The van der Waals surface area contributed by atoms with Crippen LogP contribution in [0.15, 0.2) is 47.4 Å². The molecule has 1 unspecified atom stereocenters. The number of thiophene rings is 1. The third-order valence-corrected chi connectivity index (χ3v) is 6.09. The Morgan fingerprint density at radius 2 is 1.89 bits per heavy atom. The van der Waals surface area contributed by atoms with Gasteiger partial charge < -0.3 is 25.1 Å². The molecule has 2 aromatic heterocycles. The molecule has 0 saturated heterocycles. The van der Waals surface area contributed by atoms with Crippen LogP contribution in [-0.2, 0) is 14.3 Å². The lowest BCUT2D eigenvalue weighted by Crippen LogP contribution is -2.30. The van der Waals surface area contributed by atoms with E-state index in [0.717, 1.165) is 34.2 Å². The summed E-state index contributed by atoms with van der Waals surface area (Å²) >= 11 is 1.11. The molecule has 9 nitrogen and oxygen atoms in total. The number of hydrogen-bond acceptors (Lipinski definition) is 7. The van der Waals surface area contributed by atoms with E-state index in [9.17, 15) is 19.6 Å². The lowest BCUT2D eigenvalue weighted by molar-refractivity contribution is -0.148. The molecule has 10 heteroatoms. The van der Waals surface area contributed by atoms with Crippen molar-refractivity contribution in [3.63, 3.8) is 0 Å². The topological polar surface area (TPSA) is 136 Å². The van der Waals surface area contributed by atoms with Gasteiger partial charge in [-0.2, -0.15) is 5.26 Å². The quantitative estimate of drug-likeness (QED) is 0.279. The number of aromatic nitrogens is 1. The molecule has 2 amide bonds. The largest absolute Gasteiger partial charge is 0.497 e. The fraction of sp³-hybridized carbons (Fsp3) is 0.200. The average Bonchev–Trinajstić information content (AvgIpc) is 3.40. The standard InChI is InChI=1S/C25H24N4O5S/c1-14-11-17(15(2)29(14)19-5-7-20(33-4)8-6-19)12-18(13-26)25(32)34-16(3)23(31)28-24-21(22(27)30)9-10-35-24/h5-12,16H,1-4H3,(H2,27,30)(H,28,31)/b18-12+. The third-order valence-electron chi connectivity index (χ3n) is 5.26. The van der Waals surface area contributed by atoms with Crippen molar-refractivity contribution in [2.24, 2.45) is 5.73 Å². The minimum Gasteiger partial charge on any atom is -0.497 e. The van der Waals surface area contributed by atoms with Crippen molar-refractivity contribution in [1.29, 1.82) is 5.26 Å². The van der Waals surface area contributed by atoms with E-state index >= 15 is 0 Å². The predicted molar refractivity (Wildman–Crippen MR) is 132 cm³/mol. The minimum atomic E-state index is -1.21. The van der Waals surface area contributed by atoms with E-state index in [2.05, 4.69) is 5.32 Å². The molecule has 3 aromatic rings. The Balaban J connectivity index is 1.77. The van der Waals surface area contributed by atoms with Gasteiger partial charge >= 0.3 is 5.97 Å². The average molecular weight is 493 g/mol. The molecule has 0 aliphatic heterocycles. The van der Waals surface area contributed by atoms with E-state index in [4.69, 9.17) is 15.2 Å². The van der Waals surface area contributed by atoms with E-state index in [1.165, 1.54) is 19.1 Å². The zero-order chi connectivity index (χ0) is 25.7. The number of aryl methyl sites for hydroxylation is 1. The number of methoxy groups -OCH3 is 1. The van der Waals surface area contributed by atoms with Gasteiger partial charge in [-0.1, -0.05) is 0 Å². The van der Waals surface area contributed by atoms with E-state index in [-0.39, 0.29) is 16.1 Å². The Morgan fingerprint density at radius 3 is 2.49 bits per heavy atom. The first-order valence-electron chi connectivity index (χ1n) is 10.5. The van der Waals surface area contributed by atoms with Gasteiger partial charge in [0.2, 0.25) is 0 Å². The van der Waals surface area contributed by atoms with E-state index in [1.807, 2.05) is 54.8 Å². The van der Waals surface area contributed by atoms with Crippen LogP contribution < -0.4 is 15.8 Å². The Bertz CT molecular complexity index is 1350. The van der Waals surface area contributed by atoms with Crippen molar-refractivity contribution in [2.45, 2.75) is 26.9 Å². The normalized spacial score (nSPS) is 11.9. The molecule has 0 saturated carbocycles. The lowest BCUT2D eigenvalue weighted by Gasteiger charge is -2.13. The summed E-state index contributed by atoms with van der Waals surface area (Å²) in [7, 11) is 1.59. The Kier molecular flexibility index (Phi) is 7.73. The van der Waals surface area contributed by atoms with E-state index in [0.29, 0.717) is 5.56 Å². The molecular weight excluding hydrogens is 468 g/mol. The Morgan fingerprint density at radius 1 is 1.20 bits per heavy atom. The highest BCUT2D eigenvalue weighted by molar-refractivity contribution is 7.14. The highest BCUT2D eigenvalue weighted by atomic mass is 32.1. The molecule has 3 N–H and O–H groups in total. The number of esters is 1. The molecule has 180 valence electrons. The molecule has 0 spiro atoms. The fourth-order valence-electron chi connectivity index (χ4n) is 3.45. The highest BCUT2D eigenvalue weighted by Gasteiger charge is 2.23. The second-order valence-corrected chi connectivity index (χ2v) is 8.51. The highest BCUT2D eigenvalue weighted by Crippen LogP contribution is 2.25. The summed E-state index contributed by atoms with van der Waals surface area (Å²) in [5.74, 6) is -1.55. The molecule has 0 bridgehead atoms.